The number of carbonyl (C=O) groups excluding carboxylic acids is 3. The van der Waals surface area contributed by atoms with Crippen molar-refractivity contribution in [3.8, 4) is 5.75 Å². The van der Waals surface area contributed by atoms with Crippen molar-refractivity contribution >= 4 is 23.4 Å². The maximum Gasteiger partial charge on any atom is 0.249 e. The number of aliphatic hydroxyl groups excluding tert-OH is 1. The number of fused-ring (bicyclic) bond motifs is 2. The van der Waals surface area contributed by atoms with Crippen molar-refractivity contribution in [2.45, 2.75) is 68.9 Å². The van der Waals surface area contributed by atoms with Crippen molar-refractivity contribution in [1.82, 2.24) is 9.80 Å². The highest BCUT2D eigenvalue weighted by Gasteiger charge is 2.72. The second kappa shape index (κ2) is 12.1. The number of benzene rings is 2. The first-order valence-electron chi connectivity index (χ1n) is 16.3. The van der Waals surface area contributed by atoms with Gasteiger partial charge in [0.05, 0.1) is 37.2 Å². The molecule has 1 saturated carbocycles. The van der Waals surface area contributed by atoms with Gasteiger partial charge in [0.2, 0.25) is 17.7 Å². The van der Waals surface area contributed by atoms with Crippen LogP contribution in [0.25, 0.3) is 0 Å². The Kier molecular flexibility index (Phi) is 8.00. The third-order valence-corrected chi connectivity index (χ3v) is 10.3. The minimum Gasteiger partial charge on any atom is -0.494 e. The van der Waals surface area contributed by atoms with E-state index in [2.05, 4.69) is 0 Å². The molecule has 3 amide bonds. The smallest absolute Gasteiger partial charge is 0.249 e. The molecule has 2 saturated heterocycles. The Morgan fingerprint density at radius 3 is 2.40 bits per heavy atom. The van der Waals surface area contributed by atoms with Crippen LogP contribution < -0.4 is 9.64 Å². The molecule has 0 radical (unpaired) electrons. The molecule has 4 heterocycles. The van der Waals surface area contributed by atoms with Crippen LogP contribution in [-0.4, -0.2) is 82.7 Å². The van der Waals surface area contributed by atoms with Gasteiger partial charge in [-0.2, -0.15) is 0 Å². The predicted molar refractivity (Wildman–Crippen MR) is 168 cm³/mol. The minimum absolute atomic E-state index is 0.0786. The average Bonchev–Trinajstić information content (AvgIpc) is 3.38. The van der Waals surface area contributed by atoms with Gasteiger partial charge in [-0.25, -0.2) is 0 Å². The van der Waals surface area contributed by atoms with Crippen LogP contribution >= 0.6 is 0 Å². The van der Waals surface area contributed by atoms with Gasteiger partial charge in [0.1, 0.15) is 17.4 Å². The lowest BCUT2D eigenvalue weighted by atomic mass is 9.77. The molecule has 5 aliphatic rings. The molecule has 1 spiro atoms. The molecule has 1 unspecified atom stereocenters. The maximum atomic E-state index is 14.9. The second-order valence-corrected chi connectivity index (χ2v) is 12.7. The summed E-state index contributed by atoms with van der Waals surface area (Å²) < 4.78 is 12.5. The highest BCUT2D eigenvalue weighted by Crippen LogP contribution is 2.55. The predicted octanol–water partition coefficient (Wildman–Crippen LogP) is 4.03. The van der Waals surface area contributed by atoms with E-state index in [1.54, 1.807) is 9.80 Å². The number of amides is 3. The van der Waals surface area contributed by atoms with Gasteiger partial charge in [-0.15, -0.1) is 0 Å². The van der Waals surface area contributed by atoms with Crippen LogP contribution in [0, 0.1) is 11.8 Å². The van der Waals surface area contributed by atoms with Crippen LogP contribution in [0.5, 0.6) is 5.75 Å². The number of ether oxygens (including phenoxy) is 2. The van der Waals surface area contributed by atoms with Gasteiger partial charge in [-0.1, -0.05) is 73.9 Å². The van der Waals surface area contributed by atoms with Crippen LogP contribution in [0.1, 0.15) is 50.6 Å². The number of nitrogens with zero attached hydrogens (tertiary/aromatic N) is 3. The van der Waals surface area contributed by atoms with Crippen molar-refractivity contribution in [3.05, 3.63) is 84.5 Å². The number of carbonyl (C=O) groups is 3. The molecular formula is C36H41N3O6. The molecule has 7 rings (SSSR count). The fraction of sp³-hybridized carbons (Fsp3) is 0.472. The van der Waals surface area contributed by atoms with Crippen molar-refractivity contribution in [3.63, 3.8) is 0 Å². The number of aliphatic hydroxyl groups is 1. The zero-order valence-electron chi connectivity index (χ0n) is 25.7. The Morgan fingerprint density at radius 2 is 1.69 bits per heavy atom. The molecule has 4 aliphatic heterocycles. The summed E-state index contributed by atoms with van der Waals surface area (Å²) in [5, 5.41) is 10.8. The number of anilines is 1. The molecular weight excluding hydrogens is 570 g/mol. The lowest BCUT2D eigenvalue weighted by Gasteiger charge is -2.41. The quantitative estimate of drug-likeness (QED) is 0.475. The monoisotopic (exact) mass is 611 g/mol. The minimum atomic E-state index is -1.35. The van der Waals surface area contributed by atoms with Crippen molar-refractivity contribution in [2.24, 2.45) is 11.8 Å². The highest BCUT2D eigenvalue weighted by atomic mass is 16.5. The van der Waals surface area contributed by atoms with Gasteiger partial charge in [0.25, 0.3) is 0 Å². The largest absolute Gasteiger partial charge is 0.494 e. The zero-order valence-corrected chi connectivity index (χ0v) is 25.7. The molecule has 9 heteroatoms. The van der Waals surface area contributed by atoms with E-state index in [9.17, 15) is 19.5 Å². The molecule has 45 heavy (non-hydrogen) atoms. The van der Waals surface area contributed by atoms with E-state index in [4.69, 9.17) is 9.47 Å². The van der Waals surface area contributed by atoms with Crippen molar-refractivity contribution in [1.29, 1.82) is 0 Å². The van der Waals surface area contributed by atoms with Gasteiger partial charge in [0, 0.05) is 24.8 Å². The lowest BCUT2D eigenvalue weighted by Crippen LogP contribution is -2.58. The Morgan fingerprint density at radius 1 is 0.933 bits per heavy atom. The first-order valence-corrected chi connectivity index (χ1v) is 16.3. The molecule has 0 aromatic heterocycles. The molecule has 1 aliphatic carbocycles. The number of likely N-dealkylation sites (tertiary alicyclic amines) is 1. The maximum absolute atomic E-state index is 14.9. The summed E-state index contributed by atoms with van der Waals surface area (Å²) in [6.07, 6.45) is 12.1. The summed E-state index contributed by atoms with van der Waals surface area (Å²) in [6, 6.07) is 15.0. The highest BCUT2D eigenvalue weighted by molar-refractivity contribution is 6.04. The fourth-order valence-electron chi connectivity index (χ4n) is 8.30. The molecule has 2 aromatic rings. The Bertz CT molecular complexity index is 1490. The summed E-state index contributed by atoms with van der Waals surface area (Å²) in [4.78, 5) is 49.3. The van der Waals surface area contributed by atoms with E-state index in [1.807, 2.05) is 90.7 Å². The first-order chi connectivity index (χ1) is 22.0. The third kappa shape index (κ3) is 4.88. The van der Waals surface area contributed by atoms with E-state index in [-0.39, 0.29) is 30.4 Å². The number of hydrogen-bond donors (Lipinski definition) is 1. The topological polar surface area (TPSA) is 99.6 Å². The van der Waals surface area contributed by atoms with Gasteiger partial charge in [0.15, 0.2) is 0 Å². The zero-order chi connectivity index (χ0) is 31.1. The van der Waals surface area contributed by atoms with Crippen LogP contribution in [0.3, 0.4) is 0 Å². The van der Waals surface area contributed by atoms with Crippen LogP contribution in [0.15, 0.2) is 78.9 Å². The Hall–Kier alpha value is -3.95. The van der Waals surface area contributed by atoms with E-state index in [1.165, 1.54) is 0 Å². The van der Waals surface area contributed by atoms with E-state index >= 15 is 0 Å². The summed E-state index contributed by atoms with van der Waals surface area (Å²) in [5.41, 5.74) is 0.0761. The van der Waals surface area contributed by atoms with E-state index in [0.29, 0.717) is 31.1 Å². The van der Waals surface area contributed by atoms with Gasteiger partial charge < -0.3 is 29.3 Å². The summed E-state index contributed by atoms with van der Waals surface area (Å²) in [6.45, 7) is 2.85. The second-order valence-electron chi connectivity index (χ2n) is 12.7. The molecule has 1 N–H and O–H groups in total. The van der Waals surface area contributed by atoms with Gasteiger partial charge in [-0.05, 0) is 49.6 Å². The summed E-state index contributed by atoms with van der Waals surface area (Å²) in [7, 11) is 0. The fourth-order valence-corrected chi connectivity index (χ4v) is 8.30. The van der Waals surface area contributed by atoms with Crippen LogP contribution in [0.2, 0.25) is 0 Å². The van der Waals surface area contributed by atoms with Crippen molar-refractivity contribution < 1.29 is 29.0 Å². The number of rotatable bonds is 7. The molecule has 2 aromatic carbocycles. The van der Waals surface area contributed by atoms with Gasteiger partial charge in [-0.3, -0.25) is 14.4 Å². The molecule has 6 atom stereocenters. The van der Waals surface area contributed by atoms with Crippen LogP contribution in [-0.2, 0) is 19.1 Å². The first kappa shape index (κ1) is 29.7. The normalized spacial score (nSPS) is 30.5. The standard InChI is InChI=1S/C36H41N3O6/c1-2-44-27-18-16-26(17-19-27)37-21-9-15-29-30(33(37)41)31-34(42)39(28(23-40)24-11-5-3-6-12-24)32-35(43)38(25-13-7-4-8-14-25)22-10-20-36(31,32)45-29/h3,5-6,9-12,15-20,25,28-32,40H,2,4,7-8,13-14,21-23H2,1H3/t28-,29+,30-,31+,32?,36+/m1/s1. The summed E-state index contributed by atoms with van der Waals surface area (Å²) >= 11 is 0. The lowest BCUT2D eigenvalue weighted by molar-refractivity contribution is -0.152. The SMILES string of the molecule is CCOc1ccc(N2CC=C[C@@H]3O[C@]45C=CCN(C6CCCCC6)C(=O)C4N([C@H](CO)c4ccccc4)C(=O)[C@@H]5[C@@H]3C2=O)cc1. The Balaban J connectivity index is 1.31. The van der Waals surface area contributed by atoms with Crippen molar-refractivity contribution in [2.75, 3.05) is 31.2 Å². The van der Waals surface area contributed by atoms with E-state index in [0.717, 1.165) is 37.7 Å². The average molecular weight is 612 g/mol. The van der Waals surface area contributed by atoms with Crippen LogP contribution in [0.4, 0.5) is 5.69 Å². The molecule has 0 bridgehead atoms. The number of hydrogen-bond acceptors (Lipinski definition) is 6. The van der Waals surface area contributed by atoms with E-state index < -0.39 is 35.6 Å². The Labute approximate surface area is 264 Å². The molecule has 3 fully saturated rings. The third-order valence-electron chi connectivity index (χ3n) is 10.3. The molecule has 236 valence electrons. The molecule has 9 nitrogen and oxygen atoms in total. The van der Waals surface area contributed by atoms with Gasteiger partial charge >= 0.3 is 0 Å². The summed E-state index contributed by atoms with van der Waals surface area (Å²) in [5.74, 6) is -1.80.